The molecule has 0 spiro atoms. The maximum atomic E-state index is 13.2. The molecule has 1 aliphatic heterocycles. The number of carbonyl (C=O) groups is 2. The van der Waals surface area contributed by atoms with Crippen LogP contribution in [0, 0.1) is 17.8 Å². The molecule has 33 heavy (non-hydrogen) atoms. The maximum absolute atomic E-state index is 13.2. The molecule has 2 aliphatic rings. The van der Waals surface area contributed by atoms with Gasteiger partial charge in [0.15, 0.2) is 0 Å². The van der Waals surface area contributed by atoms with Gasteiger partial charge in [0.2, 0.25) is 11.8 Å². The first-order valence-corrected chi connectivity index (χ1v) is 12.7. The zero-order valence-corrected chi connectivity index (χ0v) is 20.9. The number of benzene rings is 1. The van der Waals surface area contributed by atoms with Gasteiger partial charge in [-0.25, -0.2) is 0 Å². The minimum absolute atomic E-state index is 0.0160. The number of nitrogens with one attached hydrogen (secondary N) is 2. The SMILES string of the molecule is CC[C@@H](CN1CC[C@@H](CNC(=O)C2C=Cc3cc(Cl)ccc3C2)N[C@@H](CCN)C1=O)C(C)C. The molecule has 1 unspecified atom stereocenters. The van der Waals surface area contributed by atoms with Gasteiger partial charge in [-0.05, 0) is 60.9 Å². The van der Waals surface area contributed by atoms with E-state index < -0.39 is 0 Å². The number of amides is 2. The van der Waals surface area contributed by atoms with Crippen LogP contribution in [0.25, 0.3) is 6.08 Å². The monoisotopic (exact) mass is 474 g/mol. The lowest BCUT2D eigenvalue weighted by Crippen LogP contribution is -2.50. The van der Waals surface area contributed by atoms with Gasteiger partial charge in [0.1, 0.15) is 0 Å². The summed E-state index contributed by atoms with van der Waals surface area (Å²) in [7, 11) is 0. The fraction of sp³-hybridized carbons (Fsp3) is 0.615. The average molecular weight is 475 g/mol. The molecule has 1 aromatic carbocycles. The number of hydrogen-bond acceptors (Lipinski definition) is 4. The minimum Gasteiger partial charge on any atom is -0.354 e. The normalized spacial score (nSPS) is 23.9. The lowest BCUT2D eigenvalue weighted by atomic mass is 9.89. The average Bonchev–Trinajstić information content (AvgIpc) is 2.94. The number of hydrogen-bond donors (Lipinski definition) is 3. The Bertz CT molecular complexity index is 857. The van der Waals surface area contributed by atoms with Gasteiger partial charge in [-0.15, -0.1) is 0 Å². The van der Waals surface area contributed by atoms with Crippen LogP contribution in [-0.2, 0) is 16.0 Å². The van der Waals surface area contributed by atoms with Crippen molar-refractivity contribution in [3.8, 4) is 0 Å². The zero-order valence-electron chi connectivity index (χ0n) is 20.1. The molecule has 3 rings (SSSR count). The molecular formula is C26H39ClN4O2. The summed E-state index contributed by atoms with van der Waals surface area (Å²) < 4.78 is 0. The lowest BCUT2D eigenvalue weighted by Gasteiger charge is -2.30. The van der Waals surface area contributed by atoms with Gasteiger partial charge in [-0.3, -0.25) is 9.59 Å². The summed E-state index contributed by atoms with van der Waals surface area (Å²) in [5, 5.41) is 7.30. The zero-order chi connectivity index (χ0) is 24.0. The fourth-order valence-electron chi connectivity index (χ4n) is 4.86. The second kappa shape index (κ2) is 12.0. The number of halogens is 1. The summed E-state index contributed by atoms with van der Waals surface area (Å²) in [6.45, 7) is 9.06. The Morgan fingerprint density at radius 2 is 2.15 bits per heavy atom. The van der Waals surface area contributed by atoms with Gasteiger partial charge in [0, 0.05) is 30.7 Å². The quantitative estimate of drug-likeness (QED) is 0.512. The van der Waals surface area contributed by atoms with Crippen LogP contribution in [0.15, 0.2) is 24.3 Å². The standard InChI is InChI=1S/C26H39ClN4O2/c1-4-18(17(2)3)16-31-12-10-23(30-24(9-11-28)26(31)33)15-29-25(32)21-6-5-20-14-22(27)8-7-19(20)13-21/h5-8,14,17-18,21,23-24,30H,4,9-13,15-16,28H2,1-3H3,(H,29,32)/t18-,21?,23-,24-/m0/s1. The van der Waals surface area contributed by atoms with E-state index in [4.69, 9.17) is 17.3 Å². The Labute approximate surface area is 203 Å². The summed E-state index contributed by atoms with van der Waals surface area (Å²) in [5.74, 6) is 0.978. The summed E-state index contributed by atoms with van der Waals surface area (Å²) >= 11 is 6.08. The van der Waals surface area contributed by atoms with Crippen molar-refractivity contribution in [3.63, 3.8) is 0 Å². The lowest BCUT2D eigenvalue weighted by molar-refractivity contribution is -0.133. The van der Waals surface area contributed by atoms with Crippen molar-refractivity contribution >= 4 is 29.5 Å². The van der Waals surface area contributed by atoms with Crippen LogP contribution in [0.5, 0.6) is 0 Å². The van der Waals surface area contributed by atoms with E-state index in [0.717, 1.165) is 30.5 Å². The highest BCUT2D eigenvalue weighted by atomic mass is 35.5. The van der Waals surface area contributed by atoms with Crippen LogP contribution in [0.4, 0.5) is 0 Å². The Balaban J connectivity index is 1.59. The van der Waals surface area contributed by atoms with Crippen LogP contribution >= 0.6 is 11.6 Å². The van der Waals surface area contributed by atoms with Gasteiger partial charge in [0.25, 0.3) is 0 Å². The number of nitrogens with two attached hydrogens (primary N) is 1. The summed E-state index contributed by atoms with van der Waals surface area (Å²) in [4.78, 5) is 28.1. The Kier molecular flexibility index (Phi) is 9.36. The van der Waals surface area contributed by atoms with E-state index in [0.29, 0.717) is 49.3 Å². The topological polar surface area (TPSA) is 87.5 Å². The van der Waals surface area contributed by atoms with Gasteiger partial charge >= 0.3 is 0 Å². The van der Waals surface area contributed by atoms with E-state index in [-0.39, 0.29) is 29.8 Å². The molecular weight excluding hydrogens is 436 g/mol. The van der Waals surface area contributed by atoms with Crippen molar-refractivity contribution in [1.29, 1.82) is 0 Å². The van der Waals surface area contributed by atoms with Gasteiger partial charge < -0.3 is 21.3 Å². The third-order valence-electron chi connectivity index (χ3n) is 7.09. The van der Waals surface area contributed by atoms with E-state index >= 15 is 0 Å². The highest BCUT2D eigenvalue weighted by Gasteiger charge is 2.32. The van der Waals surface area contributed by atoms with Crippen LogP contribution in [0.2, 0.25) is 5.02 Å². The molecule has 1 aromatic rings. The number of nitrogens with zero attached hydrogens (tertiary/aromatic N) is 1. The van der Waals surface area contributed by atoms with E-state index in [1.807, 2.05) is 35.3 Å². The van der Waals surface area contributed by atoms with Gasteiger partial charge in [-0.2, -0.15) is 0 Å². The molecule has 2 amide bonds. The van der Waals surface area contributed by atoms with E-state index in [1.54, 1.807) is 0 Å². The molecule has 0 bridgehead atoms. The number of rotatable bonds is 9. The van der Waals surface area contributed by atoms with Crippen LogP contribution in [0.1, 0.15) is 51.2 Å². The maximum Gasteiger partial charge on any atom is 0.239 e. The highest BCUT2D eigenvalue weighted by molar-refractivity contribution is 6.30. The van der Waals surface area contributed by atoms with Crippen molar-refractivity contribution in [3.05, 3.63) is 40.4 Å². The predicted octanol–water partition coefficient (Wildman–Crippen LogP) is 3.23. The summed E-state index contributed by atoms with van der Waals surface area (Å²) in [6.07, 6.45) is 7.06. The van der Waals surface area contributed by atoms with E-state index in [1.165, 1.54) is 0 Å². The molecule has 1 fully saturated rings. The third kappa shape index (κ3) is 6.81. The molecule has 1 heterocycles. The van der Waals surface area contributed by atoms with Crippen LogP contribution < -0.4 is 16.4 Å². The molecule has 4 atom stereocenters. The molecule has 7 heteroatoms. The highest BCUT2D eigenvalue weighted by Crippen LogP contribution is 2.26. The van der Waals surface area contributed by atoms with Crippen molar-refractivity contribution in [2.75, 3.05) is 26.2 Å². The fourth-order valence-corrected chi connectivity index (χ4v) is 5.04. The molecule has 1 aliphatic carbocycles. The molecule has 0 saturated carbocycles. The number of carbonyl (C=O) groups excluding carboxylic acids is 2. The predicted molar refractivity (Wildman–Crippen MR) is 135 cm³/mol. The molecule has 182 valence electrons. The Morgan fingerprint density at radius 1 is 1.36 bits per heavy atom. The smallest absolute Gasteiger partial charge is 0.239 e. The molecule has 1 saturated heterocycles. The van der Waals surface area contributed by atoms with Crippen molar-refractivity contribution in [1.82, 2.24) is 15.5 Å². The molecule has 4 N–H and O–H groups in total. The first-order chi connectivity index (χ1) is 15.8. The first-order valence-electron chi connectivity index (χ1n) is 12.3. The van der Waals surface area contributed by atoms with Crippen LogP contribution in [-0.4, -0.2) is 55.0 Å². The van der Waals surface area contributed by atoms with Crippen LogP contribution in [0.3, 0.4) is 0 Å². The Hall–Kier alpha value is -1.89. The first kappa shape index (κ1) is 25.7. The Morgan fingerprint density at radius 3 is 2.85 bits per heavy atom. The van der Waals surface area contributed by atoms with Gasteiger partial charge in [0.05, 0.1) is 12.0 Å². The van der Waals surface area contributed by atoms with Gasteiger partial charge in [-0.1, -0.05) is 57.0 Å². The minimum atomic E-state index is -0.296. The summed E-state index contributed by atoms with van der Waals surface area (Å²) in [5.41, 5.74) is 8.02. The van der Waals surface area contributed by atoms with E-state index in [9.17, 15) is 9.59 Å². The third-order valence-corrected chi connectivity index (χ3v) is 7.32. The van der Waals surface area contributed by atoms with Crippen molar-refractivity contribution < 1.29 is 9.59 Å². The number of fused-ring (bicyclic) bond motifs is 1. The summed E-state index contributed by atoms with van der Waals surface area (Å²) in [6, 6.07) is 5.53. The molecule has 0 aromatic heterocycles. The molecule has 6 nitrogen and oxygen atoms in total. The van der Waals surface area contributed by atoms with Crippen molar-refractivity contribution in [2.24, 2.45) is 23.5 Å². The second-order valence-electron chi connectivity index (χ2n) is 9.74. The largest absolute Gasteiger partial charge is 0.354 e. The molecule has 0 radical (unpaired) electrons. The van der Waals surface area contributed by atoms with Crippen molar-refractivity contribution in [2.45, 2.75) is 58.5 Å². The van der Waals surface area contributed by atoms with E-state index in [2.05, 4.69) is 31.4 Å². The second-order valence-corrected chi connectivity index (χ2v) is 10.2.